The van der Waals surface area contributed by atoms with Gasteiger partial charge in [-0.2, -0.15) is 5.10 Å². The number of nitrogens with zero attached hydrogens (tertiary/aromatic N) is 2. The summed E-state index contributed by atoms with van der Waals surface area (Å²) in [6.07, 6.45) is 0. The van der Waals surface area contributed by atoms with Gasteiger partial charge in [0, 0.05) is 11.4 Å². The number of esters is 1. The molecule has 7 nitrogen and oxygen atoms in total. The standard InChI is InChI=1S/C21H21N3O4/c1-4-28-21(26)15-5-7-16(8-6-15)22-20(25)19-13-14(2)24(23-19)17-9-11-18(27-3)12-10-17/h5-13H,4H2,1-3H3,(H,22,25). The lowest BCUT2D eigenvalue weighted by Crippen LogP contribution is -2.13. The molecule has 0 unspecified atom stereocenters. The topological polar surface area (TPSA) is 82.5 Å². The van der Waals surface area contributed by atoms with Crippen LogP contribution in [-0.2, 0) is 4.74 Å². The summed E-state index contributed by atoms with van der Waals surface area (Å²) in [6.45, 7) is 3.94. The maximum atomic E-state index is 12.5. The number of carbonyl (C=O) groups is 2. The van der Waals surface area contributed by atoms with E-state index in [1.54, 1.807) is 49.0 Å². The average Bonchev–Trinajstić information content (AvgIpc) is 3.10. The third-order valence-electron chi connectivity index (χ3n) is 4.09. The molecule has 0 saturated heterocycles. The third-order valence-corrected chi connectivity index (χ3v) is 4.09. The highest BCUT2D eigenvalue weighted by molar-refractivity contribution is 6.03. The van der Waals surface area contributed by atoms with E-state index in [0.717, 1.165) is 17.1 Å². The number of methoxy groups -OCH3 is 1. The maximum Gasteiger partial charge on any atom is 0.338 e. The molecule has 1 amide bonds. The molecule has 3 aromatic rings. The Labute approximate surface area is 162 Å². The van der Waals surface area contributed by atoms with Crippen molar-refractivity contribution in [3.8, 4) is 11.4 Å². The molecular weight excluding hydrogens is 358 g/mol. The molecule has 3 rings (SSSR count). The van der Waals surface area contributed by atoms with Crippen LogP contribution in [-0.4, -0.2) is 35.4 Å². The van der Waals surface area contributed by atoms with Crippen LogP contribution in [0.5, 0.6) is 5.75 Å². The van der Waals surface area contributed by atoms with E-state index in [4.69, 9.17) is 9.47 Å². The van der Waals surface area contributed by atoms with E-state index in [1.165, 1.54) is 0 Å². The second-order valence-corrected chi connectivity index (χ2v) is 6.03. The zero-order valence-corrected chi connectivity index (χ0v) is 15.9. The quantitative estimate of drug-likeness (QED) is 0.662. The lowest BCUT2D eigenvalue weighted by molar-refractivity contribution is 0.0526. The molecule has 28 heavy (non-hydrogen) atoms. The minimum atomic E-state index is -0.394. The van der Waals surface area contributed by atoms with Gasteiger partial charge in [0.25, 0.3) is 5.91 Å². The lowest BCUT2D eigenvalue weighted by Gasteiger charge is -2.06. The first-order valence-electron chi connectivity index (χ1n) is 8.81. The van der Waals surface area contributed by atoms with Crippen LogP contribution in [0.4, 0.5) is 5.69 Å². The Morgan fingerprint density at radius 3 is 2.36 bits per heavy atom. The van der Waals surface area contributed by atoms with Crippen LogP contribution in [0.15, 0.2) is 54.6 Å². The molecule has 0 spiro atoms. The molecule has 0 radical (unpaired) electrons. The number of hydrogen-bond donors (Lipinski definition) is 1. The van der Waals surface area contributed by atoms with Crippen molar-refractivity contribution in [2.24, 2.45) is 0 Å². The Balaban J connectivity index is 1.73. The van der Waals surface area contributed by atoms with Gasteiger partial charge in [-0.3, -0.25) is 4.79 Å². The summed E-state index contributed by atoms with van der Waals surface area (Å²) in [5.74, 6) is 0.0197. The van der Waals surface area contributed by atoms with E-state index < -0.39 is 5.97 Å². The molecular formula is C21H21N3O4. The number of benzene rings is 2. The van der Waals surface area contributed by atoms with E-state index in [1.807, 2.05) is 31.2 Å². The molecule has 0 saturated carbocycles. The second kappa shape index (κ2) is 8.39. The van der Waals surface area contributed by atoms with Gasteiger partial charge in [0.2, 0.25) is 0 Å². The monoisotopic (exact) mass is 379 g/mol. The molecule has 7 heteroatoms. The van der Waals surface area contributed by atoms with Crippen LogP contribution in [0, 0.1) is 6.92 Å². The molecule has 1 heterocycles. The normalized spacial score (nSPS) is 10.4. The third kappa shape index (κ3) is 4.20. The minimum Gasteiger partial charge on any atom is -0.497 e. The van der Waals surface area contributed by atoms with Gasteiger partial charge in [-0.25, -0.2) is 9.48 Å². The number of ether oxygens (including phenoxy) is 2. The molecule has 0 aliphatic rings. The predicted octanol–water partition coefficient (Wildman–Crippen LogP) is 3.62. The number of amides is 1. The average molecular weight is 379 g/mol. The van der Waals surface area contributed by atoms with E-state index >= 15 is 0 Å². The summed E-state index contributed by atoms with van der Waals surface area (Å²) in [6, 6.07) is 15.6. The smallest absolute Gasteiger partial charge is 0.338 e. The zero-order valence-electron chi connectivity index (χ0n) is 15.9. The molecule has 0 aliphatic heterocycles. The first-order chi connectivity index (χ1) is 13.5. The number of nitrogens with one attached hydrogen (secondary N) is 1. The summed E-state index contributed by atoms with van der Waals surface area (Å²) >= 11 is 0. The van der Waals surface area contributed by atoms with Gasteiger partial charge >= 0.3 is 5.97 Å². The Kier molecular flexibility index (Phi) is 5.74. The molecule has 1 aromatic heterocycles. The Hall–Kier alpha value is -3.61. The first kappa shape index (κ1) is 19.2. The number of rotatable bonds is 6. The summed E-state index contributed by atoms with van der Waals surface area (Å²) in [5.41, 5.74) is 2.95. The van der Waals surface area contributed by atoms with E-state index in [-0.39, 0.29) is 5.91 Å². The molecule has 0 bridgehead atoms. The number of carbonyl (C=O) groups excluding carboxylic acids is 2. The van der Waals surface area contributed by atoms with Gasteiger partial charge in [-0.05, 0) is 68.4 Å². The fourth-order valence-corrected chi connectivity index (χ4v) is 2.67. The van der Waals surface area contributed by atoms with E-state index in [2.05, 4.69) is 10.4 Å². The fourth-order valence-electron chi connectivity index (χ4n) is 2.67. The molecule has 0 aliphatic carbocycles. The Morgan fingerprint density at radius 1 is 1.07 bits per heavy atom. The van der Waals surface area contributed by atoms with Gasteiger partial charge in [0.15, 0.2) is 5.69 Å². The highest BCUT2D eigenvalue weighted by Crippen LogP contribution is 2.18. The largest absolute Gasteiger partial charge is 0.497 e. The summed E-state index contributed by atoms with van der Waals surface area (Å²) in [7, 11) is 1.61. The highest BCUT2D eigenvalue weighted by atomic mass is 16.5. The van der Waals surface area contributed by atoms with Gasteiger partial charge in [0.05, 0.1) is 25.0 Å². The number of aromatic nitrogens is 2. The van der Waals surface area contributed by atoms with Gasteiger partial charge in [-0.15, -0.1) is 0 Å². The van der Waals surface area contributed by atoms with Crippen LogP contribution in [0.3, 0.4) is 0 Å². The Bertz CT molecular complexity index is 976. The first-order valence-corrected chi connectivity index (χ1v) is 8.81. The second-order valence-electron chi connectivity index (χ2n) is 6.03. The van der Waals surface area contributed by atoms with Gasteiger partial charge in [-0.1, -0.05) is 0 Å². The number of anilines is 1. The van der Waals surface area contributed by atoms with E-state index in [9.17, 15) is 9.59 Å². The van der Waals surface area contributed by atoms with Crippen molar-refractivity contribution in [2.75, 3.05) is 19.0 Å². The van der Waals surface area contributed by atoms with Crippen LogP contribution in [0.2, 0.25) is 0 Å². The molecule has 2 aromatic carbocycles. The zero-order chi connectivity index (χ0) is 20.1. The van der Waals surface area contributed by atoms with Crippen molar-refractivity contribution in [2.45, 2.75) is 13.8 Å². The van der Waals surface area contributed by atoms with Crippen molar-refractivity contribution < 1.29 is 19.1 Å². The summed E-state index contributed by atoms with van der Waals surface area (Å²) < 4.78 is 11.8. The molecule has 1 N–H and O–H groups in total. The molecule has 0 atom stereocenters. The van der Waals surface area contributed by atoms with Crippen molar-refractivity contribution in [3.05, 3.63) is 71.5 Å². The fraction of sp³-hybridized carbons (Fsp3) is 0.190. The van der Waals surface area contributed by atoms with Crippen LogP contribution in [0.25, 0.3) is 5.69 Å². The molecule has 0 fully saturated rings. The minimum absolute atomic E-state index is 0.294. The van der Waals surface area contributed by atoms with Crippen molar-refractivity contribution in [3.63, 3.8) is 0 Å². The van der Waals surface area contributed by atoms with Gasteiger partial charge < -0.3 is 14.8 Å². The maximum absolute atomic E-state index is 12.5. The number of hydrogen-bond acceptors (Lipinski definition) is 5. The van der Waals surface area contributed by atoms with Crippen molar-refractivity contribution in [1.82, 2.24) is 9.78 Å². The summed E-state index contributed by atoms with van der Waals surface area (Å²) in [5, 5.41) is 7.17. The Morgan fingerprint density at radius 2 is 1.75 bits per heavy atom. The van der Waals surface area contributed by atoms with Crippen molar-refractivity contribution in [1.29, 1.82) is 0 Å². The van der Waals surface area contributed by atoms with Crippen LogP contribution >= 0.6 is 0 Å². The summed E-state index contributed by atoms with van der Waals surface area (Å²) in [4.78, 5) is 24.2. The lowest BCUT2D eigenvalue weighted by atomic mass is 10.2. The van der Waals surface area contributed by atoms with Crippen LogP contribution in [0.1, 0.15) is 33.5 Å². The van der Waals surface area contributed by atoms with Crippen molar-refractivity contribution >= 4 is 17.6 Å². The van der Waals surface area contributed by atoms with Gasteiger partial charge in [0.1, 0.15) is 5.75 Å². The van der Waals surface area contributed by atoms with Crippen LogP contribution < -0.4 is 10.1 Å². The molecule has 144 valence electrons. The predicted molar refractivity (Wildman–Crippen MR) is 105 cm³/mol. The highest BCUT2D eigenvalue weighted by Gasteiger charge is 2.14. The number of aryl methyl sites for hydroxylation is 1. The SMILES string of the molecule is CCOC(=O)c1ccc(NC(=O)c2cc(C)n(-c3ccc(OC)cc3)n2)cc1. The van der Waals surface area contributed by atoms with E-state index in [0.29, 0.717) is 23.6 Å².